The molecule has 1 aromatic rings. The van der Waals surface area contributed by atoms with E-state index in [1.54, 1.807) is 0 Å². The molecule has 1 aromatic heterocycles. The lowest BCUT2D eigenvalue weighted by molar-refractivity contribution is -0.141. The lowest BCUT2D eigenvalue weighted by atomic mass is 10.3. The van der Waals surface area contributed by atoms with Crippen LogP contribution in [0.15, 0.2) is 17.0 Å². The van der Waals surface area contributed by atoms with Crippen LogP contribution in [0.2, 0.25) is 0 Å². The molecule has 90 valence electrons. The van der Waals surface area contributed by atoms with Crippen LogP contribution in [0.4, 0.5) is 13.2 Å². The maximum Gasteiger partial charge on any atom is 0.433 e. The molecule has 1 heterocycles. The molecule has 4 nitrogen and oxygen atoms in total. The number of pyridine rings is 1. The zero-order valence-corrected chi connectivity index (χ0v) is 9.32. The molecule has 0 radical (unpaired) electrons. The number of hydrogen-bond donors (Lipinski definition) is 0. The van der Waals surface area contributed by atoms with Crippen LogP contribution in [0.25, 0.3) is 0 Å². The Morgan fingerprint density at radius 2 is 1.94 bits per heavy atom. The molecule has 0 saturated heterocycles. The fourth-order valence-corrected chi connectivity index (χ4v) is 1.84. The molecule has 0 aliphatic heterocycles. The van der Waals surface area contributed by atoms with Crippen LogP contribution in [0.1, 0.15) is 5.69 Å². The Morgan fingerprint density at radius 1 is 1.38 bits per heavy atom. The Balaban J connectivity index is 3.40. The molecule has 0 aromatic carbocycles. The predicted octanol–water partition coefficient (Wildman–Crippen LogP) is 2.04. The highest BCUT2D eigenvalue weighted by molar-refractivity contribution is 8.13. The number of halogens is 4. The fraction of sp³-hybridized carbons (Fsp3) is 0.286. The van der Waals surface area contributed by atoms with E-state index in [0.29, 0.717) is 12.1 Å². The summed E-state index contributed by atoms with van der Waals surface area (Å²) in [6.45, 7) is 0. The van der Waals surface area contributed by atoms with Gasteiger partial charge < -0.3 is 4.74 Å². The molecule has 0 unspecified atom stereocenters. The van der Waals surface area contributed by atoms with Gasteiger partial charge in [0.2, 0.25) is 5.88 Å². The summed E-state index contributed by atoms with van der Waals surface area (Å²) in [5, 5.41) is 0. The summed E-state index contributed by atoms with van der Waals surface area (Å²) < 4.78 is 63.0. The van der Waals surface area contributed by atoms with Crippen molar-refractivity contribution in [3.63, 3.8) is 0 Å². The van der Waals surface area contributed by atoms with Gasteiger partial charge in [-0.15, -0.1) is 0 Å². The van der Waals surface area contributed by atoms with Crippen molar-refractivity contribution >= 4 is 19.7 Å². The second kappa shape index (κ2) is 4.10. The minimum Gasteiger partial charge on any atom is -0.480 e. The predicted molar refractivity (Wildman–Crippen MR) is 48.8 cm³/mol. The summed E-state index contributed by atoms with van der Waals surface area (Å²) in [5.41, 5.74) is -1.26. The first-order chi connectivity index (χ1) is 7.16. The topological polar surface area (TPSA) is 56.3 Å². The number of alkyl halides is 3. The van der Waals surface area contributed by atoms with E-state index in [2.05, 4.69) is 9.72 Å². The van der Waals surface area contributed by atoms with E-state index in [-0.39, 0.29) is 0 Å². The lowest BCUT2D eigenvalue weighted by Gasteiger charge is -2.09. The van der Waals surface area contributed by atoms with Gasteiger partial charge >= 0.3 is 6.18 Å². The van der Waals surface area contributed by atoms with E-state index in [9.17, 15) is 21.6 Å². The third kappa shape index (κ3) is 2.76. The highest BCUT2D eigenvalue weighted by Crippen LogP contribution is 2.32. The third-order valence-corrected chi connectivity index (χ3v) is 2.91. The van der Waals surface area contributed by atoms with Crippen molar-refractivity contribution in [1.29, 1.82) is 0 Å². The quantitative estimate of drug-likeness (QED) is 0.775. The molecule has 0 amide bonds. The molecule has 0 bridgehead atoms. The molecule has 0 spiro atoms. The van der Waals surface area contributed by atoms with E-state index in [4.69, 9.17) is 10.7 Å². The maximum absolute atomic E-state index is 12.2. The second-order valence-corrected chi connectivity index (χ2v) is 5.17. The smallest absolute Gasteiger partial charge is 0.433 e. The number of aromatic nitrogens is 1. The van der Waals surface area contributed by atoms with Crippen LogP contribution in [-0.4, -0.2) is 20.5 Å². The summed E-state index contributed by atoms with van der Waals surface area (Å²) in [6.07, 6.45) is -4.68. The Labute approximate surface area is 93.4 Å². The second-order valence-electron chi connectivity index (χ2n) is 2.64. The molecule has 0 N–H and O–H groups in total. The molecular formula is C7H5ClF3NO3S. The van der Waals surface area contributed by atoms with Gasteiger partial charge in [-0.3, -0.25) is 0 Å². The van der Waals surface area contributed by atoms with Crippen molar-refractivity contribution in [2.24, 2.45) is 0 Å². The van der Waals surface area contributed by atoms with Crippen molar-refractivity contribution in [2.45, 2.75) is 11.1 Å². The third-order valence-electron chi connectivity index (χ3n) is 1.57. The van der Waals surface area contributed by atoms with Gasteiger partial charge in [0.05, 0.1) is 7.11 Å². The molecule has 0 fully saturated rings. The Kier molecular flexibility index (Phi) is 3.34. The van der Waals surface area contributed by atoms with Crippen molar-refractivity contribution in [1.82, 2.24) is 4.98 Å². The van der Waals surface area contributed by atoms with E-state index >= 15 is 0 Å². The lowest BCUT2D eigenvalue weighted by Crippen LogP contribution is -2.10. The average Bonchev–Trinajstić information content (AvgIpc) is 2.14. The van der Waals surface area contributed by atoms with Crippen LogP contribution in [0.5, 0.6) is 5.88 Å². The number of hydrogen-bond acceptors (Lipinski definition) is 4. The number of rotatable bonds is 2. The van der Waals surface area contributed by atoms with Gasteiger partial charge in [-0.1, -0.05) is 0 Å². The van der Waals surface area contributed by atoms with Gasteiger partial charge in [0.25, 0.3) is 9.05 Å². The first-order valence-electron chi connectivity index (χ1n) is 3.73. The standard InChI is InChI=1S/C7H5ClF3NO3S/c1-15-6-4(16(8,13)14)2-3-5(12-6)7(9,10)11/h2-3H,1H3. The normalized spacial score (nSPS) is 12.6. The van der Waals surface area contributed by atoms with Gasteiger partial charge in [0, 0.05) is 10.7 Å². The van der Waals surface area contributed by atoms with Crippen LogP contribution in [-0.2, 0) is 15.2 Å². The van der Waals surface area contributed by atoms with Gasteiger partial charge in [0.1, 0.15) is 10.6 Å². The molecule has 0 aliphatic rings. The summed E-state index contributed by atoms with van der Waals surface area (Å²) in [5.74, 6) is -0.690. The first-order valence-corrected chi connectivity index (χ1v) is 6.04. The number of ether oxygens (including phenoxy) is 1. The zero-order valence-electron chi connectivity index (χ0n) is 7.75. The monoisotopic (exact) mass is 275 g/mol. The van der Waals surface area contributed by atoms with Crippen LogP contribution >= 0.6 is 10.7 Å². The van der Waals surface area contributed by atoms with Crippen LogP contribution < -0.4 is 4.74 Å². The first kappa shape index (κ1) is 13.0. The average molecular weight is 276 g/mol. The van der Waals surface area contributed by atoms with Gasteiger partial charge in [-0.05, 0) is 12.1 Å². The summed E-state index contributed by atoms with van der Waals surface area (Å²) in [6, 6.07) is 1.20. The number of nitrogens with zero attached hydrogens (tertiary/aromatic N) is 1. The molecule has 0 saturated carbocycles. The van der Waals surface area contributed by atoms with E-state index in [1.165, 1.54) is 0 Å². The fourth-order valence-electron chi connectivity index (χ4n) is 0.917. The maximum atomic E-state index is 12.2. The van der Waals surface area contributed by atoms with Crippen molar-refractivity contribution in [2.75, 3.05) is 7.11 Å². The number of methoxy groups -OCH3 is 1. The largest absolute Gasteiger partial charge is 0.480 e. The van der Waals surface area contributed by atoms with E-state index in [0.717, 1.165) is 7.11 Å². The Morgan fingerprint density at radius 3 is 2.31 bits per heavy atom. The van der Waals surface area contributed by atoms with Gasteiger partial charge in [-0.2, -0.15) is 13.2 Å². The Bertz CT molecular complexity index is 500. The summed E-state index contributed by atoms with van der Waals surface area (Å²) in [4.78, 5) is 2.41. The molecule has 0 atom stereocenters. The van der Waals surface area contributed by atoms with Crippen LogP contribution in [0.3, 0.4) is 0 Å². The Hall–Kier alpha value is -1.02. The van der Waals surface area contributed by atoms with E-state index in [1.807, 2.05) is 0 Å². The molecule has 16 heavy (non-hydrogen) atoms. The van der Waals surface area contributed by atoms with Crippen LogP contribution in [0, 0.1) is 0 Å². The molecule has 9 heteroatoms. The van der Waals surface area contributed by atoms with Gasteiger partial charge in [0.15, 0.2) is 0 Å². The minimum atomic E-state index is -4.68. The molecule has 0 aliphatic carbocycles. The molecular weight excluding hydrogens is 271 g/mol. The minimum absolute atomic E-state index is 0.512. The highest BCUT2D eigenvalue weighted by atomic mass is 35.7. The van der Waals surface area contributed by atoms with Gasteiger partial charge in [-0.25, -0.2) is 13.4 Å². The molecule has 1 rings (SSSR count). The highest BCUT2D eigenvalue weighted by Gasteiger charge is 2.34. The van der Waals surface area contributed by atoms with Crippen molar-refractivity contribution < 1.29 is 26.3 Å². The summed E-state index contributed by atoms with van der Waals surface area (Å²) >= 11 is 0. The summed E-state index contributed by atoms with van der Waals surface area (Å²) in [7, 11) is 1.78. The zero-order chi connectivity index (χ0) is 12.6. The van der Waals surface area contributed by atoms with E-state index < -0.39 is 31.7 Å². The van der Waals surface area contributed by atoms with Crippen molar-refractivity contribution in [3.8, 4) is 5.88 Å². The van der Waals surface area contributed by atoms with Crippen molar-refractivity contribution in [3.05, 3.63) is 17.8 Å². The SMILES string of the molecule is COc1nc(C(F)(F)F)ccc1S(=O)(=O)Cl.